The molecule has 1 aliphatic heterocycles. The quantitative estimate of drug-likeness (QED) is 0.477. The van der Waals surface area contributed by atoms with Crippen molar-refractivity contribution < 1.29 is 9.30 Å². The first-order valence-corrected chi connectivity index (χ1v) is 6.95. The molecule has 0 aromatic carbocycles. The highest BCUT2D eigenvalue weighted by Crippen LogP contribution is 2.39. The van der Waals surface area contributed by atoms with Gasteiger partial charge in [0.05, 0.1) is 13.2 Å². The van der Waals surface area contributed by atoms with Gasteiger partial charge in [0.2, 0.25) is 0 Å². The molecule has 1 heterocycles. The Bertz CT molecular complexity index is 219. The topological polar surface area (TPSA) is 29.5 Å². The lowest BCUT2D eigenvalue weighted by molar-refractivity contribution is 0.0700. The van der Waals surface area contributed by atoms with Crippen LogP contribution in [-0.4, -0.2) is 49.3 Å². The van der Waals surface area contributed by atoms with Gasteiger partial charge in [-0.1, -0.05) is 12.2 Å². The van der Waals surface area contributed by atoms with Gasteiger partial charge in [-0.05, 0) is 13.3 Å². The van der Waals surface area contributed by atoms with Crippen LogP contribution in [0.15, 0.2) is 0 Å². The predicted molar refractivity (Wildman–Crippen MR) is 54.4 cm³/mol. The number of hydrogen-bond acceptors (Lipinski definition) is 3. The van der Waals surface area contributed by atoms with Crippen molar-refractivity contribution in [2.24, 2.45) is 0 Å². The van der Waals surface area contributed by atoms with E-state index in [2.05, 4.69) is 0 Å². The van der Waals surface area contributed by atoms with Crippen LogP contribution in [0.3, 0.4) is 0 Å². The molecule has 0 spiro atoms. The number of hydrogen-bond donors (Lipinski definition) is 0. The minimum Gasteiger partial charge on any atom is -0.378 e. The van der Waals surface area contributed by atoms with E-state index in [1.807, 2.05) is 4.90 Å². The zero-order valence-electron chi connectivity index (χ0n) is 7.45. The molecule has 0 aliphatic carbocycles. The molecule has 0 bridgehead atoms. The van der Waals surface area contributed by atoms with E-state index in [0.29, 0.717) is 17.9 Å². The van der Waals surface area contributed by atoms with Crippen molar-refractivity contribution in [2.75, 3.05) is 39.6 Å². The van der Waals surface area contributed by atoms with Gasteiger partial charge in [0.1, 0.15) is 11.9 Å². The molecule has 0 atom stereocenters. The second-order valence-corrected chi connectivity index (χ2v) is 7.05. The Morgan fingerprint density at radius 2 is 1.92 bits per heavy atom. The van der Waals surface area contributed by atoms with Gasteiger partial charge in [0, 0.05) is 13.1 Å². The lowest BCUT2D eigenvalue weighted by Crippen LogP contribution is -2.39. The zero-order valence-corrected chi connectivity index (χ0v) is 9.16. The van der Waals surface area contributed by atoms with E-state index in [0.717, 1.165) is 13.1 Å². The smallest absolute Gasteiger partial charge is 0.138 e. The molecule has 70 valence electrons. The van der Waals surface area contributed by atoms with Crippen LogP contribution < -0.4 is 0 Å². The Hall–Kier alpha value is 0.0800. The van der Waals surface area contributed by atoms with E-state index >= 15 is 0 Å². The average molecular weight is 207 g/mol. The maximum atomic E-state index is 11.6. The number of thiocarbonyl (C=S) groups is 1. The van der Waals surface area contributed by atoms with Crippen LogP contribution in [0.2, 0.25) is 0 Å². The van der Waals surface area contributed by atoms with Gasteiger partial charge in [-0.15, -0.1) is 0 Å². The molecule has 0 unspecified atom stereocenters. The van der Waals surface area contributed by atoms with Gasteiger partial charge in [-0.25, -0.2) is 0 Å². The lowest BCUT2D eigenvalue weighted by atomic mass is 10.5. The number of ether oxygens (including phenoxy) is 1. The summed E-state index contributed by atoms with van der Waals surface area (Å²) in [5.41, 5.74) is 0. The molecule has 1 aliphatic rings. The van der Waals surface area contributed by atoms with Crippen molar-refractivity contribution in [1.29, 1.82) is 0 Å². The maximum Gasteiger partial charge on any atom is 0.138 e. The van der Waals surface area contributed by atoms with Crippen molar-refractivity contribution in [3.63, 3.8) is 0 Å². The van der Waals surface area contributed by atoms with Gasteiger partial charge >= 0.3 is 0 Å². The van der Waals surface area contributed by atoms with Crippen LogP contribution in [0.25, 0.3) is 0 Å². The van der Waals surface area contributed by atoms with E-state index in [4.69, 9.17) is 17.0 Å². The summed E-state index contributed by atoms with van der Waals surface area (Å²) in [5, 5.41) is 0. The summed E-state index contributed by atoms with van der Waals surface area (Å²) in [6, 6.07) is 0. The van der Waals surface area contributed by atoms with Crippen LogP contribution >= 0.6 is 19.4 Å². The van der Waals surface area contributed by atoms with Gasteiger partial charge < -0.3 is 14.2 Å². The standard InChI is InChI=1S/C7H14NO2PS/c1-11(2,9)7(12)8-3-5-10-6-4-8/h3-6H2,1-2H3. The highest BCUT2D eigenvalue weighted by molar-refractivity contribution is 8.00. The first-order chi connectivity index (χ1) is 5.52. The van der Waals surface area contributed by atoms with Crippen molar-refractivity contribution in [2.45, 2.75) is 0 Å². The van der Waals surface area contributed by atoms with Crippen molar-refractivity contribution in [3.05, 3.63) is 0 Å². The molecular formula is C7H14NO2PS. The summed E-state index contributed by atoms with van der Waals surface area (Å²) in [4.78, 5) is 1.99. The minimum absolute atomic E-state index is 0.616. The maximum absolute atomic E-state index is 11.6. The van der Waals surface area contributed by atoms with Crippen molar-refractivity contribution in [3.8, 4) is 0 Å². The first kappa shape index (κ1) is 10.2. The van der Waals surface area contributed by atoms with Gasteiger partial charge in [-0.3, -0.25) is 0 Å². The molecule has 0 radical (unpaired) electrons. The molecule has 0 aromatic rings. The van der Waals surface area contributed by atoms with Crippen LogP contribution in [0.4, 0.5) is 0 Å². The third-order valence-corrected chi connectivity index (χ3v) is 4.52. The molecule has 0 N–H and O–H groups in total. The van der Waals surface area contributed by atoms with E-state index < -0.39 is 7.14 Å². The molecule has 1 saturated heterocycles. The highest BCUT2D eigenvalue weighted by Gasteiger charge is 2.22. The summed E-state index contributed by atoms with van der Waals surface area (Å²) in [6.45, 7) is 6.38. The average Bonchev–Trinajstić information content (AvgIpc) is 2.03. The summed E-state index contributed by atoms with van der Waals surface area (Å²) in [6.07, 6.45) is 0. The fourth-order valence-electron chi connectivity index (χ4n) is 1.10. The first-order valence-electron chi connectivity index (χ1n) is 3.94. The zero-order chi connectivity index (χ0) is 9.19. The van der Waals surface area contributed by atoms with Crippen LogP contribution in [0, 0.1) is 0 Å². The fraction of sp³-hybridized carbons (Fsp3) is 0.857. The van der Waals surface area contributed by atoms with E-state index in [-0.39, 0.29) is 0 Å². The Kier molecular flexibility index (Phi) is 3.27. The minimum atomic E-state index is -2.22. The second-order valence-electron chi connectivity index (χ2n) is 3.23. The van der Waals surface area contributed by atoms with E-state index in [1.54, 1.807) is 13.3 Å². The van der Waals surface area contributed by atoms with Crippen LogP contribution in [0.1, 0.15) is 0 Å². The molecule has 0 saturated carbocycles. The molecule has 3 nitrogen and oxygen atoms in total. The van der Waals surface area contributed by atoms with Gasteiger partial charge in [0.15, 0.2) is 0 Å². The number of rotatable bonds is 1. The van der Waals surface area contributed by atoms with E-state index in [1.165, 1.54) is 0 Å². The monoisotopic (exact) mass is 207 g/mol. The Morgan fingerprint density at radius 3 is 2.33 bits per heavy atom. The molecule has 5 heteroatoms. The number of morpholine rings is 1. The van der Waals surface area contributed by atoms with Crippen molar-refractivity contribution in [1.82, 2.24) is 4.90 Å². The Morgan fingerprint density at radius 1 is 1.42 bits per heavy atom. The molecule has 1 fully saturated rings. The third-order valence-electron chi connectivity index (χ3n) is 1.74. The highest BCUT2D eigenvalue weighted by atomic mass is 32.1. The normalized spacial score (nSPS) is 19.3. The molecular weight excluding hydrogens is 193 g/mol. The summed E-state index contributed by atoms with van der Waals surface area (Å²) >= 11 is 5.12. The van der Waals surface area contributed by atoms with Crippen molar-refractivity contribution >= 4 is 24.1 Å². The number of nitrogens with zero attached hydrogens (tertiary/aromatic N) is 1. The summed E-state index contributed by atoms with van der Waals surface area (Å²) < 4.78 is 17.4. The van der Waals surface area contributed by atoms with Crippen LogP contribution in [0.5, 0.6) is 0 Å². The molecule has 0 amide bonds. The summed E-state index contributed by atoms with van der Waals surface area (Å²) in [5.74, 6) is 0. The summed E-state index contributed by atoms with van der Waals surface area (Å²) in [7, 11) is -2.22. The second kappa shape index (κ2) is 3.86. The predicted octanol–water partition coefficient (Wildman–Crippen LogP) is 1.23. The molecule has 0 aromatic heterocycles. The Labute approximate surface area is 78.4 Å². The van der Waals surface area contributed by atoms with Crippen LogP contribution in [-0.2, 0) is 9.30 Å². The van der Waals surface area contributed by atoms with E-state index in [9.17, 15) is 4.57 Å². The third kappa shape index (κ3) is 2.54. The molecule has 12 heavy (non-hydrogen) atoms. The van der Waals surface area contributed by atoms with Gasteiger partial charge in [0.25, 0.3) is 0 Å². The molecule has 1 rings (SSSR count). The SMILES string of the molecule is CP(C)(=O)C(=S)N1CCOCC1. The largest absolute Gasteiger partial charge is 0.378 e. The van der Waals surface area contributed by atoms with Gasteiger partial charge in [-0.2, -0.15) is 0 Å². The fourth-order valence-corrected chi connectivity index (χ4v) is 2.16. The lowest BCUT2D eigenvalue weighted by Gasteiger charge is -2.30. The Balaban J connectivity index is 2.57.